The maximum atomic E-state index is 13.9. The van der Waals surface area contributed by atoms with Gasteiger partial charge in [-0.3, -0.25) is 63.0 Å². The van der Waals surface area contributed by atoms with Gasteiger partial charge in [-0.15, -0.1) is 0 Å². The number of benzene rings is 6. The number of aromatic hydroxyl groups is 1. The minimum Gasteiger partial charge on any atom is -0.504 e. The molecule has 0 unspecified atom stereocenters. The molecular weight excluding hydrogens is 1270 g/mol. The molecule has 10 atom stereocenters. The van der Waals surface area contributed by atoms with Gasteiger partial charge in [0, 0.05) is 103 Å². The fourth-order valence-corrected chi connectivity index (χ4v) is 18.0. The van der Waals surface area contributed by atoms with Crippen molar-refractivity contribution in [2.24, 2.45) is 0 Å². The van der Waals surface area contributed by atoms with Crippen molar-refractivity contribution in [3.05, 3.63) is 150 Å². The van der Waals surface area contributed by atoms with E-state index in [0.29, 0.717) is 132 Å². The second-order valence-electron chi connectivity index (χ2n) is 26.8. The maximum Gasteiger partial charge on any atom is 0.308 e. The number of piperazine rings is 2. The lowest BCUT2D eigenvalue weighted by Crippen LogP contribution is -2.69. The molecule has 0 saturated carbocycles. The molecular formula is C74H70N8O17. The van der Waals surface area contributed by atoms with Crippen LogP contribution in [0, 0.1) is 50.4 Å². The van der Waals surface area contributed by atoms with E-state index in [-0.39, 0.29) is 50.9 Å². The highest BCUT2D eigenvalue weighted by Crippen LogP contribution is 2.62. The first-order valence-corrected chi connectivity index (χ1v) is 32.8. The Morgan fingerprint density at radius 1 is 0.505 bits per heavy atom. The van der Waals surface area contributed by atoms with Gasteiger partial charge in [0.1, 0.15) is 23.6 Å². The number of imide groups is 2. The van der Waals surface area contributed by atoms with E-state index in [1.165, 1.54) is 44.8 Å². The Morgan fingerprint density at radius 3 is 1.25 bits per heavy atom. The van der Waals surface area contributed by atoms with Crippen LogP contribution >= 0.6 is 0 Å². The maximum absolute atomic E-state index is 13.9. The number of nitriles is 2. The van der Waals surface area contributed by atoms with Gasteiger partial charge in [0.15, 0.2) is 46.0 Å². The SMILES string of the molecule is COc1c(C)cc2c(c1O)[C@@H]1[C@@H]3Cc4c(OC(C)=O)c(C)c5c(c4[C@H](CN4C(=O)c6ccccc6C4=O)N3[C@@H](C#N)[C@H](C2)N1C)OCO5.COc1c(C)cc2c(c1OC(C)=O)[C@@H]1[C@@H]3Cc4c(OC(C)=O)c(C)c5c(c4[C@H](CN4C(=O)c6ccccc6C4=O)N3[C@@H](C#N)[C@H](C2)N1C)OCO5. The van der Waals surface area contributed by atoms with E-state index in [9.17, 15) is 49.2 Å². The lowest BCUT2D eigenvalue weighted by Gasteiger charge is -2.60. The van der Waals surface area contributed by atoms with Crippen molar-refractivity contribution in [2.75, 3.05) is 55.0 Å². The van der Waals surface area contributed by atoms with Crippen LogP contribution in [0.1, 0.15) is 153 Å². The number of likely N-dealkylation sites (N-methyl/N-ethyl adjacent to an activating group) is 2. The fraction of sp³-hybridized carbons (Fsp3) is 0.392. The summed E-state index contributed by atoms with van der Waals surface area (Å²) in [5, 5.41) is 33.7. The van der Waals surface area contributed by atoms with E-state index in [1.807, 2.05) is 40.1 Å². The Labute approximate surface area is 569 Å². The summed E-state index contributed by atoms with van der Waals surface area (Å²) in [5.74, 6) is 0.222. The third-order valence-electron chi connectivity index (χ3n) is 21.7. The molecule has 6 aromatic carbocycles. The zero-order chi connectivity index (χ0) is 69.8. The average molecular weight is 1340 g/mol. The third kappa shape index (κ3) is 9.48. The number of nitrogens with zero attached hydrogens (tertiary/aromatic N) is 8. The van der Waals surface area contributed by atoms with E-state index < -0.39 is 89.9 Å². The Bertz CT molecular complexity index is 4640. The molecule has 25 nitrogen and oxygen atoms in total. The van der Waals surface area contributed by atoms with Crippen molar-refractivity contribution in [3.8, 4) is 69.6 Å². The molecule has 0 radical (unpaired) electrons. The first kappa shape index (κ1) is 64.4. The number of esters is 3. The van der Waals surface area contributed by atoms with E-state index in [4.69, 9.17) is 42.6 Å². The lowest BCUT2D eigenvalue weighted by atomic mass is 9.71. The van der Waals surface area contributed by atoms with Gasteiger partial charge in [0.05, 0.1) is 72.8 Å². The van der Waals surface area contributed by atoms with Crippen molar-refractivity contribution < 1.29 is 81.3 Å². The molecule has 0 aromatic heterocycles. The van der Waals surface area contributed by atoms with Gasteiger partial charge in [-0.2, -0.15) is 10.5 Å². The van der Waals surface area contributed by atoms with Gasteiger partial charge in [0.25, 0.3) is 23.6 Å². The van der Waals surface area contributed by atoms with Crippen LogP contribution in [-0.2, 0) is 40.1 Å². The molecule has 0 aliphatic carbocycles. The largest absolute Gasteiger partial charge is 0.504 e. The number of aryl methyl sites for hydroxylation is 2. The smallest absolute Gasteiger partial charge is 0.308 e. The minimum atomic E-state index is -0.777. The molecule has 4 bridgehead atoms. The van der Waals surface area contributed by atoms with Gasteiger partial charge >= 0.3 is 17.9 Å². The molecule has 0 spiro atoms. The van der Waals surface area contributed by atoms with E-state index in [1.54, 1.807) is 62.4 Å². The van der Waals surface area contributed by atoms with Gasteiger partial charge < -0.3 is 47.7 Å². The number of hydrogen-bond acceptors (Lipinski definition) is 23. The van der Waals surface area contributed by atoms with Crippen LogP contribution in [0.25, 0.3) is 0 Å². The monoisotopic (exact) mass is 1340 g/mol. The van der Waals surface area contributed by atoms with Crippen LogP contribution in [0.4, 0.5) is 0 Å². The molecule has 25 heteroatoms. The Balaban J connectivity index is 0.000000162. The summed E-state index contributed by atoms with van der Waals surface area (Å²) in [6, 6.07) is 17.2. The fourth-order valence-electron chi connectivity index (χ4n) is 18.0. The van der Waals surface area contributed by atoms with Gasteiger partial charge in [-0.1, -0.05) is 36.4 Å². The molecule has 2 saturated heterocycles. The highest BCUT2D eigenvalue weighted by molar-refractivity contribution is 6.22. The zero-order valence-electron chi connectivity index (χ0n) is 56.3. The topological polar surface area (TPSA) is 290 Å². The number of hydrogen-bond donors (Lipinski definition) is 1. The lowest BCUT2D eigenvalue weighted by molar-refractivity contribution is -0.133. The molecule has 4 amide bonds. The summed E-state index contributed by atoms with van der Waals surface area (Å²) >= 11 is 0. The van der Waals surface area contributed by atoms with Crippen molar-refractivity contribution in [1.29, 1.82) is 10.5 Å². The van der Waals surface area contributed by atoms with Crippen molar-refractivity contribution in [3.63, 3.8) is 0 Å². The number of methoxy groups -OCH3 is 2. The van der Waals surface area contributed by atoms with Gasteiger partial charge in [-0.05, 0) is 114 Å². The number of phenols is 1. The van der Waals surface area contributed by atoms with E-state index in [0.717, 1.165) is 27.8 Å². The third-order valence-corrected chi connectivity index (χ3v) is 21.7. The average Bonchev–Trinajstić information content (AvgIpc) is 1.63. The number of phenolic OH excluding ortho intramolecular Hbond substituents is 1. The molecule has 99 heavy (non-hydrogen) atoms. The summed E-state index contributed by atoms with van der Waals surface area (Å²) in [5.41, 5.74) is 9.86. The second kappa shape index (κ2) is 23.9. The van der Waals surface area contributed by atoms with Crippen LogP contribution in [0.3, 0.4) is 0 Å². The molecule has 10 aliphatic heterocycles. The molecule has 10 heterocycles. The number of carbonyl (C=O) groups excluding carboxylic acids is 7. The first-order chi connectivity index (χ1) is 47.5. The number of ether oxygens (including phenoxy) is 9. The van der Waals surface area contributed by atoms with E-state index in [2.05, 4.69) is 31.7 Å². The Kier molecular flexibility index (Phi) is 15.5. The van der Waals surface area contributed by atoms with Crippen LogP contribution in [0.5, 0.6) is 57.5 Å². The molecule has 16 rings (SSSR count). The van der Waals surface area contributed by atoms with Crippen molar-refractivity contribution >= 4 is 41.5 Å². The number of rotatable bonds is 9. The second-order valence-corrected chi connectivity index (χ2v) is 26.8. The number of fused-ring (bicyclic) bond motifs is 20. The number of amides is 4. The Morgan fingerprint density at radius 2 is 0.869 bits per heavy atom. The van der Waals surface area contributed by atoms with Gasteiger partial charge in [0.2, 0.25) is 13.6 Å². The zero-order valence-corrected chi connectivity index (χ0v) is 56.3. The van der Waals surface area contributed by atoms with Crippen LogP contribution in [-0.4, -0.2) is 167 Å². The van der Waals surface area contributed by atoms with E-state index >= 15 is 0 Å². The predicted octanol–water partition coefficient (Wildman–Crippen LogP) is 7.70. The highest BCUT2D eigenvalue weighted by Gasteiger charge is 2.60. The summed E-state index contributed by atoms with van der Waals surface area (Å²) in [6.45, 7) is 11.0. The van der Waals surface area contributed by atoms with Crippen molar-refractivity contribution in [2.45, 2.75) is 135 Å². The molecule has 508 valence electrons. The summed E-state index contributed by atoms with van der Waals surface area (Å²) in [7, 11) is 6.96. The normalized spacial score (nSPS) is 24.7. The molecule has 10 aliphatic rings. The summed E-state index contributed by atoms with van der Waals surface area (Å²) < 4.78 is 53.3. The minimum absolute atomic E-state index is 0.0444. The molecule has 1 N–H and O–H groups in total. The first-order valence-electron chi connectivity index (χ1n) is 32.8. The Hall–Kier alpha value is -10.6. The van der Waals surface area contributed by atoms with Crippen LogP contribution in [0.15, 0.2) is 60.7 Å². The van der Waals surface area contributed by atoms with Crippen LogP contribution in [0.2, 0.25) is 0 Å². The molecule has 6 aromatic rings. The summed E-state index contributed by atoms with van der Waals surface area (Å²) in [4.78, 5) is 104. The predicted molar refractivity (Wildman–Crippen MR) is 348 cm³/mol. The summed E-state index contributed by atoms with van der Waals surface area (Å²) in [6.07, 6.45) is 1.53. The van der Waals surface area contributed by atoms with Crippen molar-refractivity contribution in [1.82, 2.24) is 29.4 Å². The standard InChI is InChI=1S/C38H36N4O9.C36H34N4O8/c1-17-11-21-12-25-27(14-39)42-26(31(40(25)5)29(21)36(32(17)47-6)51-20(4)44)13-24-30(35-34(48-16-49-35)18(2)33(24)50-19(3)43)28(42)15-41-37(45)22-9-7-8-10-23(22)38(41)46;1-16-10-19-11-23-25(13-37)40-24(29(38(23)4)27(19)30(42)31(16)45-5)12-22-28(34-33(46-15-47-34)17(2)32(22)48-18(3)41)26(40)14-39-35(43)20-8-6-7-9-21(20)36(39)44/h7-11,25-28,31H,12-13,15-16H2,1-6H3;6-10,23-26,29,42H,11-12,14-15H2,1-5H3/t25-,26-,27-,28-,31-;23-,24-,25-,26-,29-/m00/s1. The van der Waals surface area contributed by atoms with Crippen LogP contribution < -0.4 is 42.6 Å². The number of carbonyl (C=O) groups is 7. The molecule has 2 fully saturated rings. The highest BCUT2D eigenvalue weighted by atomic mass is 16.7. The van der Waals surface area contributed by atoms with Gasteiger partial charge in [-0.25, -0.2) is 0 Å². The quantitative estimate of drug-likeness (QED) is 0.0824.